The molecular weight excluding hydrogens is 362 g/mol. The van der Waals surface area contributed by atoms with Gasteiger partial charge < -0.3 is 20.5 Å². The Morgan fingerprint density at radius 3 is 2.43 bits per heavy atom. The molecule has 8 nitrogen and oxygen atoms in total. The molecule has 0 bridgehead atoms. The molecule has 0 aliphatic rings. The number of hydrogen-bond donors (Lipinski definition) is 2. The van der Waals surface area contributed by atoms with Crippen LogP contribution in [0, 0.1) is 15.5 Å². The number of carbonyl (C=O) groups excluding carboxylic acids is 1. The van der Waals surface area contributed by atoms with Gasteiger partial charge in [0, 0.05) is 24.6 Å². The Morgan fingerprint density at radius 1 is 1.29 bits per heavy atom. The molecule has 0 heterocycles. The molecule has 0 saturated carbocycles. The van der Waals surface area contributed by atoms with Crippen LogP contribution in [-0.2, 0) is 4.74 Å². The van der Waals surface area contributed by atoms with Crippen LogP contribution in [0.5, 0.6) is 5.75 Å². The number of nitrogens with one attached hydrogen (secondary N) is 1. The van der Waals surface area contributed by atoms with E-state index in [0.29, 0.717) is 19.6 Å². The van der Waals surface area contributed by atoms with Crippen LogP contribution in [0.15, 0.2) is 24.8 Å². The predicted molar refractivity (Wildman–Crippen MR) is 110 cm³/mol. The van der Waals surface area contributed by atoms with Gasteiger partial charge in [-0.3, -0.25) is 14.9 Å². The molecule has 1 aromatic carbocycles. The van der Waals surface area contributed by atoms with E-state index in [1.165, 1.54) is 6.07 Å². The molecule has 3 N–H and O–H groups in total. The van der Waals surface area contributed by atoms with Crippen LogP contribution < -0.4 is 15.8 Å². The molecule has 0 atom stereocenters. The highest BCUT2D eigenvalue weighted by Crippen LogP contribution is 2.36. The quantitative estimate of drug-likeness (QED) is 0.255. The lowest BCUT2D eigenvalue weighted by molar-refractivity contribution is -0.384. The Kier molecular flexibility index (Phi) is 7.99. The fourth-order valence-corrected chi connectivity index (χ4v) is 2.14. The smallest absolute Gasteiger partial charge is 0.296 e. The van der Waals surface area contributed by atoms with Gasteiger partial charge in [-0.05, 0) is 25.3 Å². The average molecular weight is 393 g/mol. The molecule has 1 aromatic rings. The van der Waals surface area contributed by atoms with Crippen molar-refractivity contribution in [2.24, 2.45) is 11.1 Å². The Hall–Kier alpha value is -2.61. The van der Waals surface area contributed by atoms with Gasteiger partial charge in [0.2, 0.25) is 5.91 Å². The fourth-order valence-electron chi connectivity index (χ4n) is 2.14. The summed E-state index contributed by atoms with van der Waals surface area (Å²) in [6, 6.07) is 2.54. The summed E-state index contributed by atoms with van der Waals surface area (Å²) in [5, 5.41) is 14.3. The highest BCUT2D eigenvalue weighted by molar-refractivity contribution is 5.95. The van der Waals surface area contributed by atoms with E-state index in [0.717, 1.165) is 6.07 Å². The van der Waals surface area contributed by atoms with Gasteiger partial charge in [-0.25, -0.2) is 0 Å². The summed E-state index contributed by atoms with van der Waals surface area (Å²) >= 11 is 0. The molecule has 0 fully saturated rings. The van der Waals surface area contributed by atoms with Gasteiger partial charge in [-0.15, -0.1) is 6.58 Å². The third-order valence-corrected chi connectivity index (χ3v) is 4.80. The van der Waals surface area contributed by atoms with Crippen molar-refractivity contribution >= 4 is 17.3 Å². The van der Waals surface area contributed by atoms with E-state index >= 15 is 0 Å². The number of nitrogens with zero attached hydrogens (tertiary/aromatic N) is 1. The molecule has 0 spiro atoms. The van der Waals surface area contributed by atoms with Gasteiger partial charge in [0.05, 0.1) is 23.7 Å². The Morgan fingerprint density at radius 2 is 1.93 bits per heavy atom. The molecule has 1 rings (SSSR count). The highest BCUT2D eigenvalue weighted by atomic mass is 16.6. The van der Waals surface area contributed by atoms with Gasteiger partial charge in [-0.2, -0.15) is 0 Å². The molecule has 28 heavy (non-hydrogen) atoms. The van der Waals surface area contributed by atoms with Crippen molar-refractivity contribution in [3.63, 3.8) is 0 Å². The largest absolute Gasteiger partial charge is 0.491 e. The first-order valence-corrected chi connectivity index (χ1v) is 9.14. The number of nitro groups is 1. The van der Waals surface area contributed by atoms with Gasteiger partial charge in [-0.1, -0.05) is 26.8 Å². The van der Waals surface area contributed by atoms with Crippen LogP contribution in [0.1, 0.15) is 51.4 Å². The number of primary amides is 1. The summed E-state index contributed by atoms with van der Waals surface area (Å²) in [4.78, 5) is 22.3. The van der Waals surface area contributed by atoms with Crippen LogP contribution in [0.2, 0.25) is 0 Å². The van der Waals surface area contributed by atoms with E-state index in [1.807, 2.05) is 13.8 Å². The number of ether oxygens (including phenoxy) is 2. The maximum Gasteiger partial charge on any atom is 0.296 e. The van der Waals surface area contributed by atoms with Crippen molar-refractivity contribution in [1.29, 1.82) is 0 Å². The lowest BCUT2D eigenvalue weighted by atomic mass is 9.79. The maximum atomic E-state index is 11.5. The lowest BCUT2D eigenvalue weighted by Crippen LogP contribution is -2.39. The third-order valence-electron chi connectivity index (χ3n) is 4.80. The number of benzene rings is 1. The topological polar surface area (TPSA) is 117 Å². The minimum Gasteiger partial charge on any atom is -0.491 e. The number of rotatable bonds is 11. The van der Waals surface area contributed by atoms with Crippen LogP contribution >= 0.6 is 0 Å². The molecule has 0 aliphatic heterocycles. The fraction of sp³-hybridized carbons (Fsp3) is 0.550. The number of hydrogen-bond acceptors (Lipinski definition) is 6. The van der Waals surface area contributed by atoms with E-state index < -0.39 is 10.8 Å². The van der Waals surface area contributed by atoms with Gasteiger partial charge in [0.15, 0.2) is 5.69 Å². The number of anilines is 1. The van der Waals surface area contributed by atoms with Crippen molar-refractivity contribution in [2.75, 3.05) is 25.1 Å². The monoisotopic (exact) mass is 393 g/mol. The van der Waals surface area contributed by atoms with Crippen LogP contribution in [-0.4, -0.2) is 36.2 Å². The summed E-state index contributed by atoms with van der Waals surface area (Å²) in [6.07, 6.45) is 2.15. The number of carbonyl (C=O) groups is 1. The second-order valence-corrected chi connectivity index (χ2v) is 7.97. The van der Waals surface area contributed by atoms with E-state index in [1.54, 1.807) is 6.08 Å². The van der Waals surface area contributed by atoms with Crippen molar-refractivity contribution in [3.05, 3.63) is 40.5 Å². The number of amides is 1. The van der Waals surface area contributed by atoms with E-state index in [9.17, 15) is 14.9 Å². The summed E-state index contributed by atoms with van der Waals surface area (Å²) in [6.45, 7) is 15.0. The highest BCUT2D eigenvalue weighted by Gasteiger charge is 2.33. The van der Waals surface area contributed by atoms with Crippen LogP contribution in [0.3, 0.4) is 0 Å². The van der Waals surface area contributed by atoms with Gasteiger partial charge in [0.25, 0.3) is 5.69 Å². The first-order chi connectivity index (χ1) is 12.9. The molecule has 8 heteroatoms. The van der Waals surface area contributed by atoms with Crippen molar-refractivity contribution in [2.45, 2.75) is 46.6 Å². The summed E-state index contributed by atoms with van der Waals surface area (Å²) in [5.41, 5.74) is 4.88. The summed E-state index contributed by atoms with van der Waals surface area (Å²) in [7, 11) is 0. The van der Waals surface area contributed by atoms with Gasteiger partial charge in [0.1, 0.15) is 5.75 Å². The summed E-state index contributed by atoms with van der Waals surface area (Å²) in [5.74, 6) is -0.571. The molecule has 0 aromatic heterocycles. The molecule has 0 radical (unpaired) electrons. The van der Waals surface area contributed by atoms with Crippen molar-refractivity contribution < 1.29 is 19.2 Å². The standard InChI is InChI=1S/C20H31N3O5/c1-7-9-22-17-15(23(25)26)12-14(18(21)24)13-16(17)27-10-8-11-28-20(5,6)19(2,3)4/h7,12-13,22H,1,8-11H2,2-6H3,(H2,21,24). The molecule has 0 aliphatic carbocycles. The lowest BCUT2D eigenvalue weighted by Gasteiger charge is -2.38. The minimum absolute atomic E-state index is 0.0102. The third kappa shape index (κ3) is 6.23. The van der Waals surface area contributed by atoms with Gasteiger partial charge >= 0.3 is 0 Å². The van der Waals surface area contributed by atoms with E-state index in [-0.39, 0.29) is 40.3 Å². The van der Waals surface area contributed by atoms with E-state index in [2.05, 4.69) is 32.7 Å². The molecule has 0 saturated heterocycles. The SMILES string of the molecule is C=CCNc1c(OCCCOC(C)(C)C(C)(C)C)cc(C(N)=O)cc1[N+](=O)[O-]. The Balaban J connectivity index is 2.91. The van der Waals surface area contributed by atoms with Crippen molar-refractivity contribution in [3.8, 4) is 5.75 Å². The molecule has 1 amide bonds. The predicted octanol–water partition coefficient (Wildman–Crippen LogP) is 3.90. The Labute approximate surface area is 166 Å². The van der Waals surface area contributed by atoms with E-state index in [4.69, 9.17) is 15.2 Å². The first-order valence-electron chi connectivity index (χ1n) is 9.14. The zero-order valence-electron chi connectivity index (χ0n) is 17.3. The second-order valence-electron chi connectivity index (χ2n) is 7.97. The zero-order chi connectivity index (χ0) is 21.5. The summed E-state index contributed by atoms with van der Waals surface area (Å²) < 4.78 is 11.7. The van der Waals surface area contributed by atoms with Crippen molar-refractivity contribution in [1.82, 2.24) is 0 Å². The molecule has 0 unspecified atom stereocenters. The Bertz CT molecular complexity index is 723. The normalized spacial score (nSPS) is 11.8. The number of nitro benzene ring substituents is 1. The molecular formula is C20H31N3O5. The van der Waals surface area contributed by atoms with Crippen LogP contribution in [0.4, 0.5) is 11.4 Å². The molecule has 156 valence electrons. The second kappa shape index (κ2) is 9.54. The minimum atomic E-state index is -0.765. The average Bonchev–Trinajstić information content (AvgIpc) is 2.58. The first kappa shape index (κ1) is 23.4. The maximum absolute atomic E-state index is 11.5. The number of nitrogens with two attached hydrogens (primary N) is 1. The van der Waals surface area contributed by atoms with Crippen LogP contribution in [0.25, 0.3) is 0 Å². The zero-order valence-corrected chi connectivity index (χ0v) is 17.3.